The van der Waals surface area contributed by atoms with Gasteiger partial charge in [0.1, 0.15) is 0 Å². The summed E-state index contributed by atoms with van der Waals surface area (Å²) in [5.74, 6) is 0.747. The fourth-order valence-corrected chi connectivity index (χ4v) is 3.37. The minimum Gasteiger partial charge on any atom is -0.312 e. The van der Waals surface area contributed by atoms with E-state index in [1.807, 2.05) is 0 Å². The molecule has 2 saturated heterocycles. The Morgan fingerprint density at radius 1 is 1.16 bits per heavy atom. The Hall–Kier alpha value is -0.120. The highest BCUT2D eigenvalue weighted by Crippen LogP contribution is 2.21. The number of nitrogens with zero attached hydrogens (tertiary/aromatic N) is 2. The van der Waals surface area contributed by atoms with Crippen LogP contribution in [0.5, 0.6) is 0 Å². The Bertz CT molecular complexity index is 266. The standard InChI is InChI=1S/C16H33N3/c1-14(11-17-16(2,3)4)12-18-10-7-15(13-18)19-8-5-6-9-19/h14-15,17H,5-13H2,1-4H3. The Balaban J connectivity index is 1.66. The third-order valence-corrected chi connectivity index (χ3v) is 4.46. The normalized spacial score (nSPS) is 28.1. The van der Waals surface area contributed by atoms with Crippen LogP contribution in [0.4, 0.5) is 0 Å². The van der Waals surface area contributed by atoms with Crippen LogP contribution in [-0.4, -0.2) is 60.6 Å². The Morgan fingerprint density at radius 3 is 2.47 bits per heavy atom. The summed E-state index contributed by atoms with van der Waals surface area (Å²) in [7, 11) is 0. The molecule has 2 aliphatic heterocycles. The van der Waals surface area contributed by atoms with Crippen LogP contribution in [-0.2, 0) is 0 Å². The van der Waals surface area contributed by atoms with Gasteiger partial charge in [-0.1, -0.05) is 6.92 Å². The largest absolute Gasteiger partial charge is 0.312 e. The van der Waals surface area contributed by atoms with Gasteiger partial charge >= 0.3 is 0 Å². The van der Waals surface area contributed by atoms with E-state index < -0.39 is 0 Å². The first-order valence-corrected chi connectivity index (χ1v) is 8.15. The highest BCUT2D eigenvalue weighted by Gasteiger charge is 2.29. The molecule has 0 aromatic heterocycles. The summed E-state index contributed by atoms with van der Waals surface area (Å²) in [4.78, 5) is 5.40. The number of hydrogen-bond donors (Lipinski definition) is 1. The van der Waals surface area contributed by atoms with Crippen molar-refractivity contribution in [1.82, 2.24) is 15.1 Å². The van der Waals surface area contributed by atoms with Crippen LogP contribution in [0.15, 0.2) is 0 Å². The predicted octanol–water partition coefficient (Wildman–Crippen LogP) is 2.18. The predicted molar refractivity (Wildman–Crippen MR) is 82.6 cm³/mol. The molecule has 1 N–H and O–H groups in total. The van der Waals surface area contributed by atoms with E-state index in [4.69, 9.17) is 0 Å². The first-order chi connectivity index (χ1) is 8.94. The van der Waals surface area contributed by atoms with Crippen LogP contribution < -0.4 is 5.32 Å². The molecule has 0 saturated carbocycles. The Labute approximate surface area is 119 Å². The number of nitrogens with one attached hydrogen (secondary N) is 1. The summed E-state index contributed by atoms with van der Waals surface area (Å²) in [6, 6.07) is 0.852. The molecule has 0 radical (unpaired) electrons. The van der Waals surface area contributed by atoms with Gasteiger partial charge in [0.2, 0.25) is 0 Å². The van der Waals surface area contributed by atoms with E-state index in [0.717, 1.165) is 18.5 Å². The van der Waals surface area contributed by atoms with Crippen LogP contribution in [0.25, 0.3) is 0 Å². The summed E-state index contributed by atoms with van der Waals surface area (Å²) in [6.07, 6.45) is 4.23. The molecule has 19 heavy (non-hydrogen) atoms. The molecule has 0 amide bonds. The Morgan fingerprint density at radius 2 is 1.84 bits per heavy atom. The molecule has 2 atom stereocenters. The fourth-order valence-electron chi connectivity index (χ4n) is 3.37. The van der Waals surface area contributed by atoms with E-state index in [-0.39, 0.29) is 5.54 Å². The lowest BCUT2D eigenvalue weighted by Crippen LogP contribution is -2.42. The Kier molecular flexibility index (Phi) is 5.27. The molecule has 0 bridgehead atoms. The zero-order valence-corrected chi connectivity index (χ0v) is 13.4. The molecule has 2 fully saturated rings. The smallest absolute Gasteiger partial charge is 0.0235 e. The monoisotopic (exact) mass is 267 g/mol. The van der Waals surface area contributed by atoms with Crippen molar-refractivity contribution in [3.8, 4) is 0 Å². The van der Waals surface area contributed by atoms with Gasteiger partial charge in [0.05, 0.1) is 0 Å². The van der Waals surface area contributed by atoms with Gasteiger partial charge in [-0.2, -0.15) is 0 Å². The maximum Gasteiger partial charge on any atom is 0.0235 e. The quantitative estimate of drug-likeness (QED) is 0.824. The second-order valence-corrected chi connectivity index (χ2v) is 7.68. The first kappa shape index (κ1) is 15.3. The molecule has 2 aliphatic rings. The van der Waals surface area contributed by atoms with E-state index in [1.54, 1.807) is 0 Å². The molecular formula is C16H33N3. The summed E-state index contributed by atoms with van der Waals surface area (Å²) >= 11 is 0. The van der Waals surface area contributed by atoms with Gasteiger partial charge in [-0.25, -0.2) is 0 Å². The number of likely N-dealkylation sites (tertiary alicyclic amines) is 2. The van der Waals surface area contributed by atoms with Crippen LogP contribution in [0.1, 0.15) is 47.0 Å². The van der Waals surface area contributed by atoms with Crippen molar-refractivity contribution >= 4 is 0 Å². The van der Waals surface area contributed by atoms with Gasteiger partial charge in [0.25, 0.3) is 0 Å². The van der Waals surface area contributed by atoms with Crippen molar-refractivity contribution in [1.29, 1.82) is 0 Å². The second kappa shape index (κ2) is 6.55. The molecule has 0 aliphatic carbocycles. The molecule has 2 heterocycles. The molecule has 3 heteroatoms. The van der Waals surface area contributed by atoms with Crippen molar-refractivity contribution < 1.29 is 0 Å². The van der Waals surface area contributed by atoms with E-state index in [0.29, 0.717) is 0 Å². The first-order valence-electron chi connectivity index (χ1n) is 8.15. The highest BCUT2D eigenvalue weighted by atomic mass is 15.3. The average molecular weight is 267 g/mol. The number of hydrogen-bond acceptors (Lipinski definition) is 3. The third-order valence-electron chi connectivity index (χ3n) is 4.46. The zero-order chi connectivity index (χ0) is 13.9. The van der Waals surface area contributed by atoms with Gasteiger partial charge < -0.3 is 10.2 Å². The van der Waals surface area contributed by atoms with Crippen molar-refractivity contribution in [3.05, 3.63) is 0 Å². The van der Waals surface area contributed by atoms with Gasteiger partial charge in [-0.3, -0.25) is 4.90 Å². The molecule has 3 nitrogen and oxygen atoms in total. The van der Waals surface area contributed by atoms with Crippen molar-refractivity contribution in [2.45, 2.75) is 58.5 Å². The van der Waals surface area contributed by atoms with E-state index in [9.17, 15) is 0 Å². The van der Waals surface area contributed by atoms with Crippen LogP contribution >= 0.6 is 0 Å². The van der Waals surface area contributed by atoms with E-state index in [1.165, 1.54) is 52.0 Å². The molecule has 0 aromatic rings. The summed E-state index contributed by atoms with van der Waals surface area (Å²) in [5, 5.41) is 3.62. The highest BCUT2D eigenvalue weighted by molar-refractivity contribution is 4.86. The molecule has 112 valence electrons. The van der Waals surface area contributed by atoms with Crippen molar-refractivity contribution in [2.24, 2.45) is 5.92 Å². The minimum atomic E-state index is 0.247. The van der Waals surface area contributed by atoms with Gasteiger partial charge in [0, 0.05) is 24.7 Å². The van der Waals surface area contributed by atoms with Crippen LogP contribution in [0.2, 0.25) is 0 Å². The van der Waals surface area contributed by atoms with Gasteiger partial charge in [-0.05, 0) is 72.1 Å². The molecule has 0 spiro atoms. The van der Waals surface area contributed by atoms with E-state index >= 15 is 0 Å². The number of rotatable bonds is 5. The fraction of sp³-hybridized carbons (Fsp3) is 1.00. The molecule has 0 aromatic carbocycles. The lowest BCUT2D eigenvalue weighted by atomic mass is 10.1. The zero-order valence-electron chi connectivity index (χ0n) is 13.4. The van der Waals surface area contributed by atoms with Crippen LogP contribution in [0, 0.1) is 5.92 Å². The summed E-state index contributed by atoms with van der Waals surface area (Å²) in [6.45, 7) is 16.8. The lowest BCUT2D eigenvalue weighted by molar-refractivity contribution is 0.217. The second-order valence-electron chi connectivity index (χ2n) is 7.68. The SMILES string of the molecule is CC(CNC(C)(C)C)CN1CCC(N2CCCC2)C1. The van der Waals surface area contributed by atoms with Gasteiger partial charge in [-0.15, -0.1) is 0 Å². The third kappa shape index (κ3) is 5.05. The van der Waals surface area contributed by atoms with E-state index in [2.05, 4.69) is 42.8 Å². The molecule has 2 rings (SSSR count). The topological polar surface area (TPSA) is 18.5 Å². The minimum absolute atomic E-state index is 0.247. The maximum atomic E-state index is 3.62. The van der Waals surface area contributed by atoms with Crippen molar-refractivity contribution in [2.75, 3.05) is 39.3 Å². The molecular weight excluding hydrogens is 234 g/mol. The van der Waals surface area contributed by atoms with Gasteiger partial charge in [0.15, 0.2) is 0 Å². The molecule has 2 unspecified atom stereocenters. The maximum absolute atomic E-state index is 3.62. The lowest BCUT2D eigenvalue weighted by Gasteiger charge is -2.27. The summed E-state index contributed by atoms with van der Waals surface area (Å²) in [5.41, 5.74) is 0.247. The average Bonchev–Trinajstić information content (AvgIpc) is 2.94. The van der Waals surface area contributed by atoms with Crippen molar-refractivity contribution in [3.63, 3.8) is 0 Å². The van der Waals surface area contributed by atoms with Crippen LogP contribution in [0.3, 0.4) is 0 Å². The summed E-state index contributed by atoms with van der Waals surface area (Å²) < 4.78 is 0.